The molecule has 3 atom stereocenters. The van der Waals surface area contributed by atoms with Crippen molar-refractivity contribution in [2.24, 2.45) is 5.92 Å². The number of ether oxygens (including phenoxy) is 1. The molecule has 0 N–H and O–H groups in total. The lowest BCUT2D eigenvalue weighted by Gasteiger charge is -2.29. The number of imide groups is 1. The van der Waals surface area contributed by atoms with Gasteiger partial charge in [0.25, 0.3) is 5.91 Å². The zero-order valence-electron chi connectivity index (χ0n) is 20.8. The SMILES string of the molecule is CCOC(=O)c1c(N2C(=O)[C@@H]3[C@H](ON(c4ccc(Cl)cc4)[C@H]3c3ccc(Cl)cc3Cl)C2=O)sc2c1CCCC2. The highest BCUT2D eigenvalue weighted by Gasteiger charge is 2.61. The Balaban J connectivity index is 1.46. The van der Waals surface area contributed by atoms with Crippen molar-refractivity contribution in [3.05, 3.63) is 79.1 Å². The number of carbonyl (C=O) groups excluding carboxylic acids is 3. The van der Waals surface area contributed by atoms with Gasteiger partial charge in [-0.05, 0) is 80.1 Å². The largest absolute Gasteiger partial charge is 0.462 e. The van der Waals surface area contributed by atoms with Gasteiger partial charge < -0.3 is 4.74 Å². The number of hydroxylamine groups is 1. The summed E-state index contributed by atoms with van der Waals surface area (Å²) in [4.78, 5) is 49.6. The number of fused-ring (bicyclic) bond motifs is 2. The average Bonchev–Trinajstić information content (AvgIpc) is 3.55. The number of thiophene rings is 1. The number of halogens is 3. The number of amides is 2. The van der Waals surface area contributed by atoms with Gasteiger partial charge >= 0.3 is 5.97 Å². The fourth-order valence-corrected chi connectivity index (χ4v) is 7.64. The number of esters is 1. The maximum atomic E-state index is 14.2. The molecular formula is C28H23Cl3N2O5S. The van der Waals surface area contributed by atoms with Crippen LogP contribution in [0.15, 0.2) is 42.5 Å². The Labute approximate surface area is 244 Å². The summed E-state index contributed by atoms with van der Waals surface area (Å²) >= 11 is 20.2. The van der Waals surface area contributed by atoms with E-state index in [0.29, 0.717) is 43.3 Å². The molecule has 202 valence electrons. The van der Waals surface area contributed by atoms with E-state index >= 15 is 0 Å². The molecule has 3 aliphatic rings. The molecule has 0 saturated carbocycles. The van der Waals surface area contributed by atoms with Gasteiger partial charge in [-0.2, -0.15) is 0 Å². The maximum Gasteiger partial charge on any atom is 0.341 e. The third kappa shape index (κ3) is 4.43. The normalized spacial score (nSPS) is 22.3. The van der Waals surface area contributed by atoms with Gasteiger partial charge in [-0.3, -0.25) is 14.4 Å². The fourth-order valence-electron chi connectivity index (χ4n) is 5.61. The average molecular weight is 606 g/mol. The molecule has 39 heavy (non-hydrogen) atoms. The van der Waals surface area contributed by atoms with Crippen molar-refractivity contribution >= 4 is 74.6 Å². The van der Waals surface area contributed by atoms with Crippen molar-refractivity contribution in [3.8, 4) is 0 Å². The second-order valence-corrected chi connectivity index (χ2v) is 12.0. The fraction of sp³-hybridized carbons (Fsp3) is 0.321. The van der Waals surface area contributed by atoms with E-state index in [0.717, 1.165) is 34.6 Å². The lowest BCUT2D eigenvalue weighted by atomic mass is 9.90. The monoisotopic (exact) mass is 604 g/mol. The van der Waals surface area contributed by atoms with Crippen molar-refractivity contribution in [2.75, 3.05) is 16.6 Å². The van der Waals surface area contributed by atoms with Gasteiger partial charge in [-0.15, -0.1) is 11.3 Å². The molecule has 0 spiro atoms. The molecule has 2 aliphatic heterocycles. The number of benzene rings is 2. The molecule has 3 aromatic rings. The number of anilines is 2. The molecule has 1 aliphatic carbocycles. The van der Waals surface area contributed by atoms with Crippen molar-refractivity contribution in [1.29, 1.82) is 0 Å². The van der Waals surface area contributed by atoms with Gasteiger partial charge in [0.1, 0.15) is 10.9 Å². The van der Waals surface area contributed by atoms with E-state index in [2.05, 4.69) is 0 Å². The topological polar surface area (TPSA) is 76.2 Å². The molecule has 2 fully saturated rings. The number of hydrogen-bond donors (Lipinski definition) is 0. The first-order valence-corrected chi connectivity index (χ1v) is 14.6. The van der Waals surface area contributed by atoms with E-state index in [1.165, 1.54) is 11.3 Å². The molecule has 3 heterocycles. The van der Waals surface area contributed by atoms with E-state index in [1.807, 2.05) is 0 Å². The molecule has 2 amide bonds. The summed E-state index contributed by atoms with van der Waals surface area (Å²) in [7, 11) is 0. The summed E-state index contributed by atoms with van der Waals surface area (Å²) in [5, 5.41) is 3.17. The van der Waals surface area contributed by atoms with Crippen LogP contribution in [0.5, 0.6) is 0 Å². The van der Waals surface area contributed by atoms with E-state index < -0.39 is 35.8 Å². The van der Waals surface area contributed by atoms with Crippen LogP contribution < -0.4 is 9.96 Å². The Morgan fingerprint density at radius 2 is 1.74 bits per heavy atom. The van der Waals surface area contributed by atoms with Crippen molar-refractivity contribution < 1.29 is 24.0 Å². The molecule has 0 bridgehead atoms. The van der Waals surface area contributed by atoms with Crippen molar-refractivity contribution in [2.45, 2.75) is 44.8 Å². The van der Waals surface area contributed by atoms with Gasteiger partial charge in [-0.25, -0.2) is 14.8 Å². The van der Waals surface area contributed by atoms with Gasteiger partial charge in [0, 0.05) is 19.9 Å². The first kappa shape index (κ1) is 26.6. The minimum absolute atomic E-state index is 0.187. The molecule has 7 nitrogen and oxygen atoms in total. The Hall–Kier alpha value is -2.62. The molecule has 0 radical (unpaired) electrons. The van der Waals surface area contributed by atoms with Gasteiger partial charge in [0.15, 0.2) is 6.10 Å². The smallest absolute Gasteiger partial charge is 0.341 e. The van der Waals surface area contributed by atoms with Crippen LogP contribution in [0.2, 0.25) is 15.1 Å². The molecular weight excluding hydrogens is 583 g/mol. The minimum Gasteiger partial charge on any atom is -0.462 e. The van der Waals surface area contributed by atoms with E-state index in [9.17, 15) is 14.4 Å². The molecule has 2 saturated heterocycles. The van der Waals surface area contributed by atoms with Crippen LogP contribution in [0, 0.1) is 5.92 Å². The van der Waals surface area contributed by atoms with Crippen molar-refractivity contribution in [1.82, 2.24) is 0 Å². The number of nitrogens with zero attached hydrogens (tertiary/aromatic N) is 2. The van der Waals surface area contributed by atoms with Crippen molar-refractivity contribution in [3.63, 3.8) is 0 Å². The number of hydrogen-bond acceptors (Lipinski definition) is 7. The summed E-state index contributed by atoms with van der Waals surface area (Å²) in [6.45, 7) is 1.92. The Bertz CT molecular complexity index is 1490. The van der Waals surface area contributed by atoms with Crippen LogP contribution in [-0.2, 0) is 32.0 Å². The van der Waals surface area contributed by atoms with E-state index in [-0.39, 0.29) is 6.61 Å². The highest BCUT2D eigenvalue weighted by atomic mass is 35.5. The van der Waals surface area contributed by atoms with Crippen LogP contribution in [0.1, 0.15) is 52.2 Å². The summed E-state index contributed by atoms with van der Waals surface area (Å²) in [6, 6.07) is 11.2. The van der Waals surface area contributed by atoms with Gasteiger partial charge in [0.05, 0.1) is 23.9 Å². The van der Waals surface area contributed by atoms with Crippen LogP contribution >= 0.6 is 46.1 Å². The second kappa shape index (κ2) is 10.4. The lowest BCUT2D eigenvalue weighted by Crippen LogP contribution is -2.37. The van der Waals surface area contributed by atoms with Gasteiger partial charge in [0.2, 0.25) is 5.91 Å². The third-order valence-electron chi connectivity index (χ3n) is 7.31. The zero-order chi connectivity index (χ0) is 27.4. The number of aryl methyl sites for hydroxylation is 1. The minimum atomic E-state index is -1.11. The first-order chi connectivity index (χ1) is 18.8. The highest BCUT2D eigenvalue weighted by molar-refractivity contribution is 7.17. The molecule has 6 rings (SSSR count). The maximum absolute atomic E-state index is 14.2. The molecule has 11 heteroatoms. The Kier molecular flexibility index (Phi) is 7.10. The van der Waals surface area contributed by atoms with Crippen LogP contribution in [0.3, 0.4) is 0 Å². The predicted molar refractivity (Wildman–Crippen MR) is 151 cm³/mol. The molecule has 1 aromatic heterocycles. The number of carbonyl (C=O) groups is 3. The summed E-state index contributed by atoms with van der Waals surface area (Å²) in [6.07, 6.45) is 2.29. The summed E-state index contributed by atoms with van der Waals surface area (Å²) in [5.74, 6) is -2.42. The first-order valence-electron chi connectivity index (χ1n) is 12.7. The van der Waals surface area contributed by atoms with Crippen LogP contribution in [0.4, 0.5) is 10.7 Å². The third-order valence-corrected chi connectivity index (χ3v) is 9.40. The highest BCUT2D eigenvalue weighted by Crippen LogP contribution is 2.51. The predicted octanol–water partition coefficient (Wildman–Crippen LogP) is 6.81. The summed E-state index contributed by atoms with van der Waals surface area (Å²) < 4.78 is 5.36. The molecule has 0 unspecified atom stereocenters. The van der Waals surface area contributed by atoms with E-state index in [1.54, 1.807) is 54.5 Å². The lowest BCUT2D eigenvalue weighted by molar-refractivity contribution is -0.126. The number of rotatable bonds is 5. The quantitative estimate of drug-likeness (QED) is 0.235. The zero-order valence-corrected chi connectivity index (χ0v) is 23.9. The Morgan fingerprint density at radius 1 is 1.03 bits per heavy atom. The van der Waals surface area contributed by atoms with Gasteiger partial charge in [-0.1, -0.05) is 40.9 Å². The van der Waals surface area contributed by atoms with Crippen LogP contribution in [0.25, 0.3) is 0 Å². The molecule has 2 aromatic carbocycles. The summed E-state index contributed by atoms with van der Waals surface area (Å²) in [5.41, 5.74) is 2.38. The van der Waals surface area contributed by atoms with Crippen LogP contribution in [-0.4, -0.2) is 30.5 Å². The standard InChI is InChI=1S/C28H23Cl3N2O5S/c1-2-37-28(36)21-18-5-3-4-6-20(18)39-27(21)32-25(34)22-23(17-12-9-15(30)13-19(17)31)33(38-24(22)26(32)35)16-10-7-14(29)8-11-16/h7-13,22-24H,2-6H2,1H3/t22-,23-,24-/m0/s1. The second-order valence-electron chi connectivity index (χ2n) is 9.59. The Morgan fingerprint density at radius 3 is 2.46 bits per heavy atom. The van der Waals surface area contributed by atoms with E-state index in [4.69, 9.17) is 44.4 Å².